The summed E-state index contributed by atoms with van der Waals surface area (Å²) in [4.78, 5) is 13.9. The summed E-state index contributed by atoms with van der Waals surface area (Å²) in [7, 11) is 0. The predicted molar refractivity (Wildman–Crippen MR) is 84.7 cm³/mol. The summed E-state index contributed by atoms with van der Waals surface area (Å²) in [6.07, 6.45) is 0.639. The van der Waals surface area contributed by atoms with E-state index in [-0.39, 0.29) is 6.09 Å². The number of benzene rings is 1. The molecule has 1 heterocycles. The van der Waals surface area contributed by atoms with Crippen LogP contribution in [-0.4, -0.2) is 36.2 Å². The molecule has 0 fully saturated rings. The third-order valence-electron chi connectivity index (χ3n) is 3.39. The monoisotopic (exact) mass is 310 g/mol. The van der Waals surface area contributed by atoms with E-state index in [1.54, 1.807) is 0 Å². The van der Waals surface area contributed by atoms with Crippen molar-refractivity contribution >= 4 is 17.7 Å². The molecule has 1 aromatic carbocycles. The Bertz CT molecular complexity index is 511. The van der Waals surface area contributed by atoms with Gasteiger partial charge in [-0.2, -0.15) is 0 Å². The first-order valence-corrected chi connectivity index (χ1v) is 7.68. The number of hydrogen-bond donors (Lipinski definition) is 1. The summed E-state index contributed by atoms with van der Waals surface area (Å²) in [6, 6.07) is 6.07. The second kappa shape index (κ2) is 6.67. The van der Waals surface area contributed by atoms with Crippen LogP contribution in [0.15, 0.2) is 18.2 Å². The average Bonchev–Trinajstić information content (AvgIpc) is 2.37. The van der Waals surface area contributed by atoms with Gasteiger partial charge in [-0.3, -0.25) is 4.90 Å². The van der Waals surface area contributed by atoms with E-state index in [4.69, 9.17) is 16.3 Å². The van der Waals surface area contributed by atoms with Gasteiger partial charge >= 0.3 is 6.09 Å². The van der Waals surface area contributed by atoms with Crippen LogP contribution in [-0.2, 0) is 17.7 Å². The molecule has 1 aliphatic rings. The second-order valence-electron chi connectivity index (χ2n) is 6.33. The molecule has 0 spiro atoms. The van der Waals surface area contributed by atoms with E-state index in [1.807, 2.05) is 32.9 Å². The smallest absolute Gasteiger partial charge is 0.407 e. The minimum absolute atomic E-state index is 0.363. The zero-order valence-electron chi connectivity index (χ0n) is 12.9. The van der Waals surface area contributed by atoms with Gasteiger partial charge in [-0.1, -0.05) is 23.7 Å². The van der Waals surface area contributed by atoms with E-state index in [1.165, 1.54) is 11.1 Å². The molecule has 5 heteroatoms. The van der Waals surface area contributed by atoms with Gasteiger partial charge in [0.05, 0.1) is 0 Å². The van der Waals surface area contributed by atoms with Crippen molar-refractivity contribution in [2.24, 2.45) is 0 Å². The highest BCUT2D eigenvalue weighted by Crippen LogP contribution is 2.25. The standard InChI is InChI=1S/C16H23ClN2O2/c1-16(2,3)21-15(20)18-8-10-19-9-7-12-5-4-6-14(17)13(12)11-19/h4-6H,7-11H2,1-3H3,(H,18,20). The third kappa shape index (κ3) is 4.90. The maximum absolute atomic E-state index is 11.6. The van der Waals surface area contributed by atoms with Gasteiger partial charge in [0.25, 0.3) is 0 Å². The highest BCUT2D eigenvalue weighted by atomic mass is 35.5. The summed E-state index contributed by atoms with van der Waals surface area (Å²) in [6.45, 7) is 8.77. The molecule has 0 unspecified atom stereocenters. The van der Waals surface area contributed by atoms with Gasteiger partial charge < -0.3 is 10.1 Å². The Labute approximate surface area is 131 Å². The molecule has 0 aromatic heterocycles. The molecule has 0 saturated carbocycles. The lowest BCUT2D eigenvalue weighted by molar-refractivity contribution is 0.0521. The molecule has 21 heavy (non-hydrogen) atoms. The van der Waals surface area contributed by atoms with Crippen molar-refractivity contribution in [2.45, 2.75) is 39.3 Å². The number of amides is 1. The topological polar surface area (TPSA) is 41.6 Å². The lowest BCUT2D eigenvalue weighted by Crippen LogP contribution is -2.39. The van der Waals surface area contributed by atoms with E-state index in [9.17, 15) is 4.79 Å². The van der Waals surface area contributed by atoms with E-state index >= 15 is 0 Å². The van der Waals surface area contributed by atoms with Crippen molar-refractivity contribution in [2.75, 3.05) is 19.6 Å². The molecule has 4 nitrogen and oxygen atoms in total. The van der Waals surface area contributed by atoms with Crippen LogP contribution in [0.1, 0.15) is 31.9 Å². The van der Waals surface area contributed by atoms with Crippen LogP contribution in [0, 0.1) is 0 Å². The normalized spacial score (nSPS) is 15.4. The number of fused-ring (bicyclic) bond motifs is 1. The van der Waals surface area contributed by atoms with Gasteiger partial charge in [0, 0.05) is 31.2 Å². The molecule has 0 atom stereocenters. The summed E-state index contributed by atoms with van der Waals surface area (Å²) < 4.78 is 5.21. The molecule has 116 valence electrons. The Kier molecular flexibility index (Phi) is 5.12. The first-order valence-electron chi connectivity index (χ1n) is 7.30. The number of nitrogens with zero attached hydrogens (tertiary/aromatic N) is 1. The summed E-state index contributed by atoms with van der Waals surface area (Å²) >= 11 is 6.25. The first-order chi connectivity index (χ1) is 9.85. The Morgan fingerprint density at radius 3 is 2.90 bits per heavy atom. The van der Waals surface area contributed by atoms with Crippen molar-refractivity contribution < 1.29 is 9.53 Å². The van der Waals surface area contributed by atoms with Gasteiger partial charge in [-0.15, -0.1) is 0 Å². The van der Waals surface area contributed by atoms with Crippen LogP contribution in [0.3, 0.4) is 0 Å². The van der Waals surface area contributed by atoms with Crippen LogP contribution in [0.2, 0.25) is 5.02 Å². The van der Waals surface area contributed by atoms with Crippen molar-refractivity contribution in [3.8, 4) is 0 Å². The third-order valence-corrected chi connectivity index (χ3v) is 3.75. The van der Waals surface area contributed by atoms with E-state index in [0.717, 1.165) is 31.1 Å². The zero-order chi connectivity index (χ0) is 15.5. The van der Waals surface area contributed by atoms with E-state index in [2.05, 4.69) is 16.3 Å². The fraction of sp³-hybridized carbons (Fsp3) is 0.562. The Morgan fingerprint density at radius 1 is 1.43 bits per heavy atom. The van der Waals surface area contributed by atoms with Crippen molar-refractivity contribution in [1.82, 2.24) is 10.2 Å². The summed E-state index contributed by atoms with van der Waals surface area (Å²) in [5.74, 6) is 0. The van der Waals surface area contributed by atoms with Crippen LogP contribution in [0.25, 0.3) is 0 Å². The highest BCUT2D eigenvalue weighted by molar-refractivity contribution is 6.31. The molecule has 0 aliphatic carbocycles. The van der Waals surface area contributed by atoms with Crippen LogP contribution in [0.4, 0.5) is 4.79 Å². The highest BCUT2D eigenvalue weighted by Gasteiger charge is 2.19. The van der Waals surface area contributed by atoms with E-state index < -0.39 is 5.60 Å². The van der Waals surface area contributed by atoms with Gasteiger partial charge in [0.2, 0.25) is 0 Å². The van der Waals surface area contributed by atoms with Gasteiger partial charge in [-0.25, -0.2) is 4.79 Å². The molecule has 0 bridgehead atoms. The SMILES string of the molecule is CC(C)(C)OC(=O)NCCN1CCc2cccc(Cl)c2C1. The lowest BCUT2D eigenvalue weighted by Gasteiger charge is -2.29. The lowest BCUT2D eigenvalue weighted by atomic mass is 10.00. The maximum atomic E-state index is 11.6. The van der Waals surface area contributed by atoms with Crippen molar-refractivity contribution in [3.63, 3.8) is 0 Å². The number of alkyl carbamates (subject to hydrolysis) is 1. The van der Waals surface area contributed by atoms with Crippen LogP contribution in [0.5, 0.6) is 0 Å². The first kappa shape index (κ1) is 16.1. The number of carbonyl (C=O) groups excluding carboxylic acids is 1. The average molecular weight is 311 g/mol. The van der Waals surface area contributed by atoms with Crippen LogP contribution >= 0.6 is 11.6 Å². The maximum Gasteiger partial charge on any atom is 0.407 e. The molecule has 1 amide bonds. The molecule has 1 aromatic rings. The molecule has 1 aliphatic heterocycles. The van der Waals surface area contributed by atoms with Gasteiger partial charge in [0.15, 0.2) is 0 Å². The molecule has 0 radical (unpaired) electrons. The minimum atomic E-state index is -0.457. The molecular formula is C16H23ClN2O2. The predicted octanol–water partition coefficient (Wildman–Crippen LogP) is 3.22. The van der Waals surface area contributed by atoms with E-state index in [0.29, 0.717) is 6.54 Å². The number of rotatable bonds is 3. The fourth-order valence-corrected chi connectivity index (χ4v) is 2.67. The van der Waals surface area contributed by atoms with Crippen molar-refractivity contribution in [3.05, 3.63) is 34.3 Å². The van der Waals surface area contributed by atoms with Crippen molar-refractivity contribution in [1.29, 1.82) is 0 Å². The molecule has 1 N–H and O–H groups in total. The summed E-state index contributed by atoms with van der Waals surface area (Å²) in [5.41, 5.74) is 2.09. The fourth-order valence-electron chi connectivity index (χ4n) is 2.42. The number of halogens is 1. The quantitative estimate of drug-likeness (QED) is 0.932. The summed E-state index contributed by atoms with van der Waals surface area (Å²) in [5, 5.41) is 3.62. The Balaban J connectivity index is 1.79. The largest absolute Gasteiger partial charge is 0.444 e. The molecule has 0 saturated heterocycles. The molecular weight excluding hydrogens is 288 g/mol. The number of ether oxygens (including phenoxy) is 1. The van der Waals surface area contributed by atoms with Crippen LogP contribution < -0.4 is 5.32 Å². The molecule has 2 rings (SSSR count). The Hall–Kier alpha value is -1.26. The zero-order valence-corrected chi connectivity index (χ0v) is 13.7. The van der Waals surface area contributed by atoms with Gasteiger partial charge in [-0.05, 0) is 44.4 Å². The number of nitrogens with one attached hydrogen (secondary N) is 1. The number of carbonyl (C=O) groups is 1. The Morgan fingerprint density at radius 2 is 2.19 bits per heavy atom. The number of hydrogen-bond acceptors (Lipinski definition) is 3. The minimum Gasteiger partial charge on any atom is -0.444 e. The van der Waals surface area contributed by atoms with Gasteiger partial charge in [0.1, 0.15) is 5.60 Å². The second-order valence-corrected chi connectivity index (χ2v) is 6.74.